The average Bonchev–Trinajstić information content (AvgIpc) is 2.65. The lowest BCUT2D eigenvalue weighted by Crippen LogP contribution is -2.15. The summed E-state index contributed by atoms with van der Waals surface area (Å²) in [6.45, 7) is 1.50. The first-order valence-corrected chi connectivity index (χ1v) is 8.96. The van der Waals surface area contributed by atoms with E-state index in [1.165, 1.54) is 18.6 Å². The molecule has 0 bridgehead atoms. The number of para-hydroxylation sites is 1. The van der Waals surface area contributed by atoms with Gasteiger partial charge in [-0.25, -0.2) is 0 Å². The molecule has 3 N–H and O–H groups in total. The van der Waals surface area contributed by atoms with Crippen molar-refractivity contribution in [3.05, 3.63) is 70.0 Å². The summed E-state index contributed by atoms with van der Waals surface area (Å²) < 4.78 is 0. The van der Waals surface area contributed by atoms with Crippen molar-refractivity contribution >= 4 is 33.9 Å². The Labute approximate surface area is 156 Å². The summed E-state index contributed by atoms with van der Waals surface area (Å²) in [6.07, 6.45) is 2.81. The van der Waals surface area contributed by atoms with Gasteiger partial charge in [0.05, 0.1) is 16.9 Å². The quantitative estimate of drug-likeness (QED) is 0.623. The summed E-state index contributed by atoms with van der Waals surface area (Å²) in [5, 5.41) is 8.34. The van der Waals surface area contributed by atoms with E-state index in [0.29, 0.717) is 5.69 Å². The number of hydrogen-bond donors (Lipinski definition) is 3. The number of aromatic amines is 1. The average molecular weight is 360 g/mol. The maximum atomic E-state index is 11.9. The Bertz CT molecular complexity index is 1110. The molecule has 1 amide bonds. The number of hydrazone groups is 1. The maximum absolute atomic E-state index is 11.9. The van der Waals surface area contributed by atoms with Crippen LogP contribution in [0.2, 0.25) is 0 Å². The summed E-state index contributed by atoms with van der Waals surface area (Å²) in [6, 6.07) is 15.1. The second kappa shape index (κ2) is 7.07. The molecule has 0 saturated carbocycles. The lowest BCUT2D eigenvalue weighted by molar-refractivity contribution is -0.114. The third-order valence-corrected chi connectivity index (χ3v) is 4.66. The smallest absolute Gasteiger partial charge is 0.250 e. The van der Waals surface area contributed by atoms with E-state index < -0.39 is 0 Å². The molecule has 0 aliphatic heterocycles. The minimum absolute atomic E-state index is 0.0810. The Balaban J connectivity index is 1.67. The van der Waals surface area contributed by atoms with E-state index in [2.05, 4.69) is 20.8 Å². The van der Waals surface area contributed by atoms with Crippen LogP contribution in [0.3, 0.4) is 0 Å². The number of benzene rings is 2. The number of carbonyl (C=O) groups is 1. The molecule has 6 nitrogen and oxygen atoms in total. The van der Waals surface area contributed by atoms with Gasteiger partial charge in [-0.3, -0.25) is 15.0 Å². The highest BCUT2D eigenvalue weighted by Crippen LogP contribution is 2.26. The molecule has 3 aromatic rings. The summed E-state index contributed by atoms with van der Waals surface area (Å²) in [5.74, 6) is -0.0810. The summed E-state index contributed by atoms with van der Waals surface area (Å²) >= 11 is 0. The first-order valence-electron chi connectivity index (χ1n) is 8.96. The van der Waals surface area contributed by atoms with Gasteiger partial charge in [-0.1, -0.05) is 24.3 Å². The van der Waals surface area contributed by atoms with Gasteiger partial charge in [0.1, 0.15) is 0 Å². The number of nitrogens with zero attached hydrogens (tertiary/aromatic N) is 1. The van der Waals surface area contributed by atoms with Gasteiger partial charge in [-0.15, -0.1) is 0 Å². The standard InChI is InChI=1S/C21H20N4O2/c1-13(26)22-15-9-10-16-14(11-15)5-4-8-19(16)24-25-20-12-21(27)23-18-7-3-2-6-17(18)20/h2-3,6-7,9-12H,4-5,8H2,1H3,(H,22,26)(H2,23,25,27)/b24-19+. The molecule has 0 unspecified atom stereocenters. The fraction of sp³-hybridized carbons (Fsp3) is 0.190. The van der Waals surface area contributed by atoms with Crippen LogP contribution >= 0.6 is 0 Å². The zero-order valence-corrected chi connectivity index (χ0v) is 15.0. The van der Waals surface area contributed by atoms with Crippen molar-refractivity contribution in [1.29, 1.82) is 0 Å². The molecule has 2 aromatic carbocycles. The van der Waals surface area contributed by atoms with E-state index in [0.717, 1.165) is 47.1 Å². The van der Waals surface area contributed by atoms with Gasteiger partial charge in [-0.2, -0.15) is 5.10 Å². The number of nitrogens with one attached hydrogen (secondary N) is 3. The SMILES string of the molecule is CC(=O)Nc1ccc2c(c1)CCC/C2=N\Nc1cc(=O)[nH]c2ccccc12. The van der Waals surface area contributed by atoms with Gasteiger partial charge in [0.15, 0.2) is 0 Å². The molecule has 0 atom stereocenters. The Morgan fingerprint density at radius 3 is 2.81 bits per heavy atom. The summed E-state index contributed by atoms with van der Waals surface area (Å²) in [7, 11) is 0. The molecule has 1 aliphatic rings. The number of amides is 1. The fourth-order valence-corrected chi connectivity index (χ4v) is 3.49. The van der Waals surface area contributed by atoms with Crippen LogP contribution in [0, 0.1) is 0 Å². The number of H-pyrrole nitrogens is 1. The molecule has 0 saturated heterocycles. The van der Waals surface area contributed by atoms with E-state index in [-0.39, 0.29) is 11.5 Å². The van der Waals surface area contributed by atoms with Crippen LogP contribution in [0.1, 0.15) is 30.9 Å². The van der Waals surface area contributed by atoms with Gasteiger partial charge in [0.2, 0.25) is 5.91 Å². The van der Waals surface area contributed by atoms with E-state index in [9.17, 15) is 9.59 Å². The molecule has 0 fully saturated rings. The Morgan fingerprint density at radius 1 is 1.11 bits per heavy atom. The van der Waals surface area contributed by atoms with Crippen LogP contribution < -0.4 is 16.3 Å². The largest absolute Gasteiger partial charge is 0.326 e. The highest BCUT2D eigenvalue weighted by Gasteiger charge is 2.16. The van der Waals surface area contributed by atoms with Crippen LogP contribution in [0.25, 0.3) is 10.9 Å². The van der Waals surface area contributed by atoms with Crippen molar-refractivity contribution < 1.29 is 4.79 Å². The molecule has 27 heavy (non-hydrogen) atoms. The van der Waals surface area contributed by atoms with Crippen molar-refractivity contribution in [3.63, 3.8) is 0 Å². The number of rotatable bonds is 3. The summed E-state index contributed by atoms with van der Waals surface area (Å²) in [4.78, 5) is 26.0. The van der Waals surface area contributed by atoms with Gasteiger partial charge in [-0.05, 0) is 43.0 Å². The molecule has 4 rings (SSSR count). The Hall–Kier alpha value is -3.41. The van der Waals surface area contributed by atoms with Gasteiger partial charge in [0.25, 0.3) is 5.56 Å². The van der Waals surface area contributed by atoms with Crippen molar-refractivity contribution in [2.45, 2.75) is 26.2 Å². The number of aryl methyl sites for hydroxylation is 1. The van der Waals surface area contributed by atoms with Gasteiger partial charge in [0, 0.05) is 29.6 Å². The molecule has 6 heteroatoms. The van der Waals surface area contributed by atoms with Gasteiger partial charge < -0.3 is 10.3 Å². The molecule has 1 aromatic heterocycles. The third-order valence-electron chi connectivity index (χ3n) is 4.66. The molecule has 136 valence electrons. The lowest BCUT2D eigenvalue weighted by atomic mass is 9.90. The molecule has 1 heterocycles. The molecule has 1 aliphatic carbocycles. The topological polar surface area (TPSA) is 86.3 Å². The van der Waals surface area contributed by atoms with E-state index in [1.807, 2.05) is 42.5 Å². The number of pyridine rings is 1. The zero-order valence-electron chi connectivity index (χ0n) is 15.0. The van der Waals surface area contributed by atoms with Crippen LogP contribution in [0.4, 0.5) is 11.4 Å². The normalized spacial score (nSPS) is 14.8. The van der Waals surface area contributed by atoms with Crippen LogP contribution in [0.15, 0.2) is 58.4 Å². The monoisotopic (exact) mass is 360 g/mol. The number of aromatic nitrogens is 1. The zero-order chi connectivity index (χ0) is 18.8. The highest BCUT2D eigenvalue weighted by atomic mass is 16.1. The van der Waals surface area contributed by atoms with Crippen molar-refractivity contribution in [3.8, 4) is 0 Å². The predicted molar refractivity (Wildman–Crippen MR) is 108 cm³/mol. The van der Waals surface area contributed by atoms with Gasteiger partial charge >= 0.3 is 0 Å². The molecule has 0 radical (unpaired) electrons. The van der Waals surface area contributed by atoms with E-state index in [4.69, 9.17) is 0 Å². The minimum Gasteiger partial charge on any atom is -0.326 e. The predicted octanol–water partition coefficient (Wildman–Crippen LogP) is 3.64. The minimum atomic E-state index is -0.166. The van der Waals surface area contributed by atoms with Crippen molar-refractivity contribution in [1.82, 2.24) is 4.98 Å². The second-order valence-corrected chi connectivity index (χ2v) is 6.67. The second-order valence-electron chi connectivity index (χ2n) is 6.67. The van der Waals surface area contributed by atoms with Crippen molar-refractivity contribution in [2.24, 2.45) is 5.10 Å². The first-order chi connectivity index (χ1) is 13.1. The highest BCUT2D eigenvalue weighted by molar-refractivity contribution is 6.04. The van der Waals surface area contributed by atoms with Crippen LogP contribution in [-0.2, 0) is 11.2 Å². The first kappa shape index (κ1) is 17.0. The molecular formula is C21H20N4O2. The maximum Gasteiger partial charge on any atom is 0.250 e. The Morgan fingerprint density at radius 2 is 1.96 bits per heavy atom. The van der Waals surface area contributed by atoms with Crippen LogP contribution in [0.5, 0.6) is 0 Å². The van der Waals surface area contributed by atoms with Crippen LogP contribution in [-0.4, -0.2) is 16.6 Å². The molecular weight excluding hydrogens is 340 g/mol. The number of hydrogen-bond acceptors (Lipinski definition) is 4. The van der Waals surface area contributed by atoms with E-state index >= 15 is 0 Å². The Kier molecular flexibility index (Phi) is 4.46. The number of anilines is 2. The number of carbonyl (C=O) groups excluding carboxylic acids is 1. The number of fused-ring (bicyclic) bond motifs is 2. The molecule has 0 spiro atoms. The summed E-state index contributed by atoms with van der Waals surface area (Å²) in [5.41, 5.74) is 8.38. The van der Waals surface area contributed by atoms with Crippen molar-refractivity contribution in [2.75, 3.05) is 10.7 Å². The third kappa shape index (κ3) is 3.60. The fourth-order valence-electron chi connectivity index (χ4n) is 3.49. The lowest BCUT2D eigenvalue weighted by Gasteiger charge is -2.19. The van der Waals surface area contributed by atoms with E-state index in [1.54, 1.807) is 0 Å².